The predicted molar refractivity (Wildman–Crippen MR) is 87.1 cm³/mol. The first-order valence-corrected chi connectivity index (χ1v) is 7.51. The van der Waals surface area contributed by atoms with Crippen LogP contribution in [0.3, 0.4) is 0 Å². The number of carbonyl (C=O) groups is 2. The molecule has 0 atom stereocenters. The minimum atomic E-state index is -0.498. The molecule has 1 aromatic carbocycles. The van der Waals surface area contributed by atoms with Gasteiger partial charge in [0.2, 0.25) is 0 Å². The fraction of sp³-hybridized carbons (Fsp3) is 0.529. The van der Waals surface area contributed by atoms with E-state index in [1.165, 1.54) is 0 Å². The summed E-state index contributed by atoms with van der Waals surface area (Å²) in [5, 5.41) is 5.49. The van der Waals surface area contributed by atoms with Gasteiger partial charge in [-0.15, -0.1) is 0 Å². The predicted octanol–water partition coefficient (Wildman–Crippen LogP) is 2.95. The summed E-state index contributed by atoms with van der Waals surface area (Å²) in [4.78, 5) is 23.4. The van der Waals surface area contributed by atoms with Crippen LogP contribution in [0.15, 0.2) is 18.2 Å². The number of carbonyl (C=O) groups excluding carboxylic acids is 2. The summed E-state index contributed by atoms with van der Waals surface area (Å²) in [6.07, 6.45) is 0.212. The summed E-state index contributed by atoms with van der Waals surface area (Å²) in [5.41, 5.74) is 2.42. The second kappa shape index (κ2) is 7.82. The van der Waals surface area contributed by atoms with Gasteiger partial charge in [-0.1, -0.05) is 6.07 Å². The molecule has 2 N–H and O–H groups in total. The van der Waals surface area contributed by atoms with Gasteiger partial charge in [-0.2, -0.15) is 0 Å². The van der Waals surface area contributed by atoms with Crippen LogP contribution >= 0.6 is 0 Å². The van der Waals surface area contributed by atoms with Crippen molar-refractivity contribution >= 4 is 12.0 Å². The molecule has 22 heavy (non-hydrogen) atoms. The molecule has 2 amide bonds. The fourth-order valence-corrected chi connectivity index (χ4v) is 1.78. The maximum atomic E-state index is 12.0. The Kier molecular flexibility index (Phi) is 6.40. The number of amides is 2. The molecule has 0 aliphatic heterocycles. The van der Waals surface area contributed by atoms with Gasteiger partial charge in [0.1, 0.15) is 5.60 Å². The van der Waals surface area contributed by atoms with Gasteiger partial charge in [-0.3, -0.25) is 4.79 Å². The second-order valence-corrected chi connectivity index (χ2v) is 6.34. The van der Waals surface area contributed by atoms with Crippen molar-refractivity contribution in [3.05, 3.63) is 34.9 Å². The molecule has 0 saturated heterocycles. The van der Waals surface area contributed by atoms with Crippen molar-refractivity contribution in [1.82, 2.24) is 10.6 Å². The molecule has 122 valence electrons. The molecule has 0 aliphatic rings. The molecule has 0 aliphatic carbocycles. The van der Waals surface area contributed by atoms with E-state index in [1.54, 1.807) is 0 Å². The number of alkyl carbamates (subject to hydrolysis) is 1. The largest absolute Gasteiger partial charge is 0.444 e. The summed E-state index contributed by atoms with van der Waals surface area (Å²) in [5.74, 6) is -0.0969. The number of ether oxygens (including phenoxy) is 1. The van der Waals surface area contributed by atoms with E-state index in [4.69, 9.17) is 4.74 Å². The summed E-state index contributed by atoms with van der Waals surface area (Å²) in [7, 11) is 0. The van der Waals surface area contributed by atoms with Crippen LogP contribution in [-0.2, 0) is 4.74 Å². The van der Waals surface area contributed by atoms with E-state index in [9.17, 15) is 9.59 Å². The number of nitrogens with one attached hydrogen (secondary N) is 2. The highest BCUT2D eigenvalue weighted by atomic mass is 16.6. The second-order valence-electron chi connectivity index (χ2n) is 6.34. The Labute approximate surface area is 132 Å². The quantitative estimate of drug-likeness (QED) is 0.822. The van der Waals surface area contributed by atoms with Crippen LogP contribution in [0.2, 0.25) is 0 Å². The Morgan fingerprint density at radius 1 is 1.05 bits per heavy atom. The smallest absolute Gasteiger partial charge is 0.407 e. The van der Waals surface area contributed by atoms with E-state index in [0.717, 1.165) is 11.1 Å². The average Bonchev–Trinajstić information content (AvgIpc) is 2.39. The van der Waals surface area contributed by atoms with Crippen LogP contribution in [0, 0.1) is 13.8 Å². The molecule has 5 heteroatoms. The minimum Gasteiger partial charge on any atom is -0.444 e. The van der Waals surface area contributed by atoms with Crippen molar-refractivity contribution in [3.63, 3.8) is 0 Å². The zero-order chi connectivity index (χ0) is 16.8. The summed E-state index contributed by atoms with van der Waals surface area (Å²) in [6, 6.07) is 5.63. The molecule has 0 unspecified atom stereocenters. The zero-order valence-corrected chi connectivity index (χ0v) is 14.1. The third-order valence-electron chi connectivity index (χ3n) is 3.08. The van der Waals surface area contributed by atoms with Crippen LogP contribution in [0.1, 0.15) is 48.7 Å². The molecule has 0 bridgehead atoms. The van der Waals surface area contributed by atoms with E-state index < -0.39 is 11.7 Å². The summed E-state index contributed by atoms with van der Waals surface area (Å²) in [6.45, 7) is 10.4. The van der Waals surface area contributed by atoms with Gasteiger partial charge in [-0.05, 0) is 64.3 Å². The van der Waals surface area contributed by atoms with Gasteiger partial charge < -0.3 is 15.4 Å². The highest BCUT2D eigenvalue weighted by Gasteiger charge is 2.15. The molecule has 1 aromatic rings. The van der Waals surface area contributed by atoms with Crippen molar-refractivity contribution in [2.75, 3.05) is 13.1 Å². The highest BCUT2D eigenvalue weighted by Crippen LogP contribution is 2.09. The van der Waals surface area contributed by atoms with Gasteiger partial charge in [0.15, 0.2) is 0 Å². The monoisotopic (exact) mass is 306 g/mol. The van der Waals surface area contributed by atoms with Crippen molar-refractivity contribution in [1.29, 1.82) is 0 Å². The molecule has 0 saturated carbocycles. The normalized spacial score (nSPS) is 11.0. The zero-order valence-electron chi connectivity index (χ0n) is 14.1. The van der Waals surface area contributed by atoms with Crippen molar-refractivity contribution in [2.45, 2.75) is 46.6 Å². The van der Waals surface area contributed by atoms with E-state index in [0.29, 0.717) is 25.1 Å². The number of hydrogen-bond acceptors (Lipinski definition) is 3. The molecule has 1 rings (SSSR count). The number of benzene rings is 1. The molecule has 0 heterocycles. The van der Waals surface area contributed by atoms with E-state index in [1.807, 2.05) is 52.8 Å². The molecule has 5 nitrogen and oxygen atoms in total. The lowest BCUT2D eigenvalue weighted by Gasteiger charge is -2.19. The standard InChI is InChI=1S/C17H26N2O3/c1-12-7-8-14(11-13(12)2)15(20)18-9-6-10-19-16(21)22-17(3,4)5/h7-8,11H,6,9-10H2,1-5H3,(H,18,20)(H,19,21). The summed E-state index contributed by atoms with van der Waals surface area (Å²) < 4.78 is 5.12. The van der Waals surface area contributed by atoms with Gasteiger partial charge in [0.25, 0.3) is 5.91 Å². The van der Waals surface area contributed by atoms with E-state index in [-0.39, 0.29) is 5.91 Å². The first-order chi connectivity index (χ1) is 10.2. The van der Waals surface area contributed by atoms with Gasteiger partial charge >= 0.3 is 6.09 Å². The number of rotatable bonds is 5. The Morgan fingerprint density at radius 3 is 2.27 bits per heavy atom. The molecule has 0 radical (unpaired) electrons. The Morgan fingerprint density at radius 2 is 1.68 bits per heavy atom. The molecule has 0 aromatic heterocycles. The van der Waals surface area contributed by atoms with Crippen molar-refractivity contribution < 1.29 is 14.3 Å². The first kappa shape index (κ1) is 18.0. The topological polar surface area (TPSA) is 67.4 Å². The van der Waals surface area contributed by atoms with Crippen LogP contribution in [0.5, 0.6) is 0 Å². The fourth-order valence-electron chi connectivity index (χ4n) is 1.78. The van der Waals surface area contributed by atoms with Crippen molar-refractivity contribution in [3.8, 4) is 0 Å². The highest BCUT2D eigenvalue weighted by molar-refractivity contribution is 5.94. The van der Waals surface area contributed by atoms with Crippen LogP contribution < -0.4 is 10.6 Å². The van der Waals surface area contributed by atoms with Crippen LogP contribution in [0.4, 0.5) is 4.79 Å². The lowest BCUT2D eigenvalue weighted by atomic mass is 10.1. The number of aryl methyl sites for hydroxylation is 2. The van der Waals surface area contributed by atoms with Gasteiger partial charge in [-0.25, -0.2) is 4.79 Å². The molecule has 0 spiro atoms. The summed E-state index contributed by atoms with van der Waals surface area (Å²) >= 11 is 0. The molecular weight excluding hydrogens is 280 g/mol. The Bertz CT molecular complexity index is 533. The van der Waals surface area contributed by atoms with Gasteiger partial charge in [0, 0.05) is 18.7 Å². The molecule has 0 fully saturated rings. The SMILES string of the molecule is Cc1ccc(C(=O)NCCCNC(=O)OC(C)(C)C)cc1C. The molecular formula is C17H26N2O3. The van der Waals surface area contributed by atoms with E-state index >= 15 is 0 Å². The third-order valence-corrected chi connectivity index (χ3v) is 3.08. The maximum absolute atomic E-state index is 12.0. The minimum absolute atomic E-state index is 0.0969. The Balaban J connectivity index is 2.25. The Hall–Kier alpha value is -2.04. The third kappa shape index (κ3) is 6.61. The number of hydrogen-bond donors (Lipinski definition) is 2. The van der Waals surface area contributed by atoms with Crippen LogP contribution in [0.25, 0.3) is 0 Å². The average molecular weight is 306 g/mol. The first-order valence-electron chi connectivity index (χ1n) is 7.51. The lowest BCUT2D eigenvalue weighted by molar-refractivity contribution is 0.0527. The van der Waals surface area contributed by atoms with Crippen LogP contribution in [-0.4, -0.2) is 30.7 Å². The van der Waals surface area contributed by atoms with Crippen molar-refractivity contribution in [2.24, 2.45) is 0 Å². The van der Waals surface area contributed by atoms with E-state index in [2.05, 4.69) is 10.6 Å². The maximum Gasteiger partial charge on any atom is 0.407 e. The van der Waals surface area contributed by atoms with Gasteiger partial charge in [0.05, 0.1) is 0 Å². The lowest BCUT2D eigenvalue weighted by Crippen LogP contribution is -2.34.